The zero-order valence-electron chi connectivity index (χ0n) is 28.3. The Bertz CT molecular complexity index is 1760. The van der Waals surface area contributed by atoms with Gasteiger partial charge in [0.25, 0.3) is 21.8 Å². The maximum absolute atomic E-state index is 13.9. The molecule has 49 heavy (non-hydrogen) atoms. The number of aliphatic hydroxyl groups excluding tert-OH is 1. The number of aliphatic hydroxyl groups is 1. The molecule has 4 aromatic carbocycles. The van der Waals surface area contributed by atoms with E-state index in [4.69, 9.17) is 4.74 Å². The Labute approximate surface area is 289 Å². The largest absolute Gasteiger partial charge is 0.497 e. The number of carbonyl (C=O) groups is 2. The lowest BCUT2D eigenvalue weighted by Crippen LogP contribution is -2.48. The first-order valence-corrected chi connectivity index (χ1v) is 18.0. The molecule has 4 N–H and O–H groups in total. The van der Waals surface area contributed by atoms with Crippen LogP contribution in [0.1, 0.15) is 58.5 Å². The van der Waals surface area contributed by atoms with Crippen LogP contribution < -0.4 is 20.1 Å². The number of carbonyl (C=O) groups excluding carboxylic acids is 2. The van der Waals surface area contributed by atoms with Crippen molar-refractivity contribution >= 4 is 27.5 Å². The summed E-state index contributed by atoms with van der Waals surface area (Å²) in [4.78, 5) is 29.4. The number of anilines is 1. The van der Waals surface area contributed by atoms with Gasteiger partial charge in [0.1, 0.15) is 5.75 Å². The van der Waals surface area contributed by atoms with E-state index < -0.39 is 28.1 Å². The topological polar surface area (TPSA) is 137 Å². The SMILES string of the molecule is CCCN(CCC)C(=O)c1cc(NS(=O)(=O)c2ccccc2)cc(C(=O)N[C@@H](Cc2ccccc2)[C@H](O)CNCc2cccc(OC)c2)c1. The van der Waals surface area contributed by atoms with Crippen molar-refractivity contribution in [3.8, 4) is 5.75 Å². The van der Waals surface area contributed by atoms with Crippen LogP contribution in [0, 0.1) is 0 Å². The average Bonchev–Trinajstić information content (AvgIpc) is 3.11. The highest BCUT2D eigenvalue weighted by molar-refractivity contribution is 7.92. The van der Waals surface area contributed by atoms with Crippen molar-refractivity contribution < 1.29 is 27.9 Å². The second kappa shape index (κ2) is 18.2. The van der Waals surface area contributed by atoms with Crippen LogP contribution in [0.25, 0.3) is 0 Å². The number of nitrogens with zero attached hydrogens (tertiary/aromatic N) is 1. The number of methoxy groups -OCH3 is 1. The Hall–Kier alpha value is -4.71. The van der Waals surface area contributed by atoms with Gasteiger partial charge in [-0.25, -0.2) is 8.42 Å². The average molecular weight is 687 g/mol. The summed E-state index contributed by atoms with van der Waals surface area (Å²) < 4.78 is 34.4. The van der Waals surface area contributed by atoms with Crippen molar-refractivity contribution in [2.75, 3.05) is 31.5 Å². The Morgan fingerprint density at radius 1 is 0.816 bits per heavy atom. The monoisotopic (exact) mass is 686 g/mol. The molecule has 0 unspecified atom stereocenters. The lowest BCUT2D eigenvalue weighted by molar-refractivity contribution is 0.0755. The first kappa shape index (κ1) is 37.1. The summed E-state index contributed by atoms with van der Waals surface area (Å²) in [5.41, 5.74) is 2.23. The molecule has 0 spiro atoms. The van der Waals surface area contributed by atoms with E-state index in [9.17, 15) is 23.1 Å². The van der Waals surface area contributed by atoms with Gasteiger partial charge in [0, 0.05) is 37.3 Å². The first-order valence-electron chi connectivity index (χ1n) is 16.5. The molecule has 0 aliphatic carbocycles. The van der Waals surface area contributed by atoms with E-state index in [1.807, 2.05) is 68.4 Å². The molecule has 10 nitrogen and oxygen atoms in total. The van der Waals surface area contributed by atoms with Gasteiger partial charge < -0.3 is 25.4 Å². The van der Waals surface area contributed by atoms with E-state index in [0.717, 1.165) is 29.7 Å². The van der Waals surface area contributed by atoms with Crippen LogP contribution >= 0.6 is 0 Å². The number of benzene rings is 4. The molecule has 11 heteroatoms. The summed E-state index contributed by atoms with van der Waals surface area (Å²) in [6.07, 6.45) is 0.830. The number of ether oxygens (including phenoxy) is 1. The fourth-order valence-corrected chi connectivity index (χ4v) is 6.55. The molecule has 0 radical (unpaired) electrons. The van der Waals surface area contributed by atoms with Crippen molar-refractivity contribution in [2.24, 2.45) is 0 Å². The maximum atomic E-state index is 13.9. The predicted octanol–water partition coefficient (Wildman–Crippen LogP) is 5.25. The smallest absolute Gasteiger partial charge is 0.261 e. The van der Waals surface area contributed by atoms with Crippen LogP contribution in [-0.4, -0.2) is 69.1 Å². The number of nitrogens with one attached hydrogen (secondary N) is 3. The lowest BCUT2D eigenvalue weighted by Gasteiger charge is -2.26. The van der Waals surface area contributed by atoms with Gasteiger partial charge in [-0.05, 0) is 72.9 Å². The minimum atomic E-state index is -4.02. The minimum Gasteiger partial charge on any atom is -0.497 e. The molecule has 4 aromatic rings. The standard InChI is InChI=1S/C38H46N4O6S/c1-4-19-42(20-5-2)38(45)31-23-30(24-32(25-31)41-49(46,47)34-17-10-7-11-18-34)37(44)40-35(22-28-13-8-6-9-14-28)36(43)27-39-26-29-15-12-16-33(21-29)48-3/h6-18,21,23-25,35-36,39,41,43H,4-5,19-20,22,26-27H2,1-3H3,(H,40,44)/t35-,36+/m0/s1. The molecule has 0 saturated heterocycles. The molecule has 0 aromatic heterocycles. The van der Waals surface area contributed by atoms with Crippen LogP contribution in [0.4, 0.5) is 5.69 Å². The summed E-state index contributed by atoms with van der Waals surface area (Å²) >= 11 is 0. The lowest BCUT2D eigenvalue weighted by atomic mass is 10.00. The van der Waals surface area contributed by atoms with Gasteiger partial charge in [0.2, 0.25) is 0 Å². The first-order chi connectivity index (χ1) is 23.6. The van der Waals surface area contributed by atoms with E-state index in [2.05, 4.69) is 15.4 Å². The summed E-state index contributed by atoms with van der Waals surface area (Å²) in [6, 6.07) is 28.6. The van der Waals surface area contributed by atoms with Crippen molar-refractivity contribution in [3.05, 3.63) is 125 Å². The Kier molecular flexibility index (Phi) is 13.8. The number of sulfonamides is 1. The molecule has 0 aliphatic rings. The molecular formula is C38H46N4O6S. The van der Waals surface area contributed by atoms with E-state index >= 15 is 0 Å². The van der Waals surface area contributed by atoms with Crippen molar-refractivity contribution in [1.29, 1.82) is 0 Å². The van der Waals surface area contributed by atoms with E-state index in [1.54, 1.807) is 30.2 Å². The van der Waals surface area contributed by atoms with Crippen molar-refractivity contribution in [3.63, 3.8) is 0 Å². The van der Waals surface area contributed by atoms with Crippen LogP contribution in [0.15, 0.2) is 108 Å². The third kappa shape index (κ3) is 10.9. The van der Waals surface area contributed by atoms with Gasteiger partial charge >= 0.3 is 0 Å². The molecule has 0 aliphatic heterocycles. The van der Waals surface area contributed by atoms with Gasteiger partial charge in [-0.15, -0.1) is 0 Å². The molecule has 2 atom stereocenters. The zero-order valence-corrected chi connectivity index (χ0v) is 29.1. The van der Waals surface area contributed by atoms with Gasteiger partial charge in [-0.3, -0.25) is 14.3 Å². The Balaban J connectivity index is 1.62. The molecule has 260 valence electrons. The number of hydrogen-bond donors (Lipinski definition) is 4. The van der Waals surface area contributed by atoms with E-state index in [0.29, 0.717) is 26.1 Å². The summed E-state index contributed by atoms with van der Waals surface area (Å²) in [6.45, 7) is 5.64. The normalized spacial score (nSPS) is 12.5. The third-order valence-electron chi connectivity index (χ3n) is 7.92. The highest BCUT2D eigenvalue weighted by Gasteiger charge is 2.25. The second-order valence-electron chi connectivity index (χ2n) is 11.8. The maximum Gasteiger partial charge on any atom is 0.261 e. The molecule has 0 heterocycles. The summed E-state index contributed by atoms with van der Waals surface area (Å²) in [5.74, 6) is -0.131. The van der Waals surface area contributed by atoms with Gasteiger partial charge in [0.15, 0.2) is 0 Å². The fraction of sp³-hybridized carbons (Fsp3) is 0.316. The summed E-state index contributed by atoms with van der Waals surface area (Å²) in [5, 5.41) is 17.6. The van der Waals surface area contributed by atoms with Crippen LogP contribution in [0.3, 0.4) is 0 Å². The van der Waals surface area contributed by atoms with E-state index in [-0.39, 0.29) is 34.2 Å². The molecular weight excluding hydrogens is 641 g/mol. The van der Waals surface area contributed by atoms with E-state index in [1.165, 1.54) is 30.3 Å². The summed E-state index contributed by atoms with van der Waals surface area (Å²) in [7, 11) is -2.41. The highest BCUT2D eigenvalue weighted by atomic mass is 32.2. The molecule has 0 fully saturated rings. The third-order valence-corrected chi connectivity index (χ3v) is 9.32. The second-order valence-corrected chi connectivity index (χ2v) is 13.5. The predicted molar refractivity (Wildman–Crippen MR) is 192 cm³/mol. The molecule has 0 saturated carbocycles. The zero-order chi connectivity index (χ0) is 35.2. The Morgan fingerprint density at radius 2 is 1.45 bits per heavy atom. The van der Waals surface area contributed by atoms with Crippen molar-refractivity contribution in [1.82, 2.24) is 15.5 Å². The van der Waals surface area contributed by atoms with Gasteiger partial charge in [-0.1, -0.05) is 74.5 Å². The molecule has 0 bridgehead atoms. The fourth-order valence-electron chi connectivity index (χ4n) is 5.48. The van der Waals surface area contributed by atoms with Crippen molar-refractivity contribution in [2.45, 2.75) is 56.7 Å². The minimum absolute atomic E-state index is 0.0452. The number of rotatable bonds is 18. The number of amides is 2. The molecule has 2 amide bonds. The highest BCUT2D eigenvalue weighted by Crippen LogP contribution is 2.22. The molecule has 4 rings (SSSR count). The van der Waals surface area contributed by atoms with Gasteiger partial charge in [0.05, 0.1) is 29.8 Å². The Morgan fingerprint density at radius 3 is 2.10 bits per heavy atom. The van der Waals surface area contributed by atoms with Crippen LogP contribution in [-0.2, 0) is 23.0 Å². The number of hydrogen-bond acceptors (Lipinski definition) is 7. The van der Waals surface area contributed by atoms with Gasteiger partial charge in [-0.2, -0.15) is 0 Å². The quantitative estimate of drug-likeness (QED) is 0.112. The van der Waals surface area contributed by atoms with Crippen LogP contribution in [0.5, 0.6) is 5.75 Å². The van der Waals surface area contributed by atoms with Crippen LogP contribution in [0.2, 0.25) is 0 Å².